The second-order valence-electron chi connectivity index (χ2n) is 2.63. The highest BCUT2D eigenvalue weighted by Gasteiger charge is 2.08. The molecule has 0 bridgehead atoms. The molecule has 0 aliphatic heterocycles. The Morgan fingerprint density at radius 2 is 2.43 bits per heavy atom. The molecule has 5 heteroatoms. The molecule has 0 atom stereocenters. The average Bonchev–Trinajstić information content (AvgIpc) is 2.61. The van der Waals surface area contributed by atoms with Crippen molar-refractivity contribution in [3.8, 4) is 12.3 Å². The predicted octanol–water partition coefficient (Wildman–Crippen LogP) is 1.77. The zero-order valence-electron chi connectivity index (χ0n) is 7.53. The largest absolute Gasteiger partial charge is 0.324 e. The van der Waals surface area contributed by atoms with Crippen LogP contribution in [0.3, 0.4) is 0 Å². The monoisotopic (exact) mass is 210 g/mol. The topological polar surface area (TPSA) is 55.2 Å². The molecule has 74 valence electrons. The fourth-order valence-corrected chi connectivity index (χ4v) is 1.72. The third-order valence-electron chi connectivity index (χ3n) is 1.57. The van der Waals surface area contributed by atoms with Gasteiger partial charge in [-0.3, -0.25) is 10.1 Å². The van der Waals surface area contributed by atoms with Gasteiger partial charge in [-0.05, 0) is 6.07 Å². The molecule has 1 rings (SSSR count). The number of hydrogen-bond donors (Lipinski definition) is 1. The van der Waals surface area contributed by atoms with E-state index in [9.17, 15) is 10.1 Å². The van der Waals surface area contributed by atoms with Crippen LogP contribution in [0.5, 0.6) is 0 Å². The SMILES string of the molecule is C#CCCNCc1ccc([N+](=O)[O-])s1. The Bertz CT molecular complexity index is 354. The summed E-state index contributed by atoms with van der Waals surface area (Å²) in [7, 11) is 0. The third-order valence-corrected chi connectivity index (χ3v) is 2.61. The van der Waals surface area contributed by atoms with Gasteiger partial charge >= 0.3 is 5.00 Å². The molecule has 1 aromatic heterocycles. The fourth-order valence-electron chi connectivity index (χ4n) is 0.932. The van der Waals surface area contributed by atoms with Gasteiger partial charge in [0.15, 0.2) is 0 Å². The van der Waals surface area contributed by atoms with Gasteiger partial charge < -0.3 is 5.32 Å². The molecular weight excluding hydrogens is 200 g/mol. The van der Waals surface area contributed by atoms with E-state index in [2.05, 4.69) is 11.2 Å². The summed E-state index contributed by atoms with van der Waals surface area (Å²) in [5.74, 6) is 2.51. The number of nitrogens with zero attached hydrogens (tertiary/aromatic N) is 1. The molecule has 1 N–H and O–H groups in total. The lowest BCUT2D eigenvalue weighted by Gasteiger charge is -1.97. The van der Waals surface area contributed by atoms with Crippen LogP contribution in [0.1, 0.15) is 11.3 Å². The Balaban J connectivity index is 2.37. The minimum atomic E-state index is -0.379. The fraction of sp³-hybridized carbons (Fsp3) is 0.333. The predicted molar refractivity (Wildman–Crippen MR) is 56.1 cm³/mol. The van der Waals surface area contributed by atoms with Crippen LogP contribution in [-0.4, -0.2) is 11.5 Å². The van der Waals surface area contributed by atoms with E-state index in [-0.39, 0.29) is 9.92 Å². The van der Waals surface area contributed by atoms with Crippen LogP contribution in [-0.2, 0) is 6.54 Å². The molecule has 0 saturated heterocycles. The molecular formula is C9H10N2O2S. The first-order valence-electron chi connectivity index (χ1n) is 4.11. The summed E-state index contributed by atoms with van der Waals surface area (Å²) in [5, 5.41) is 13.6. The van der Waals surface area contributed by atoms with Crippen molar-refractivity contribution in [2.75, 3.05) is 6.54 Å². The summed E-state index contributed by atoms with van der Waals surface area (Å²) in [6.45, 7) is 1.38. The molecule has 0 aromatic carbocycles. The van der Waals surface area contributed by atoms with Crippen molar-refractivity contribution >= 4 is 16.3 Å². The summed E-state index contributed by atoms with van der Waals surface area (Å²) in [5.41, 5.74) is 0. The number of nitrogens with one attached hydrogen (secondary N) is 1. The van der Waals surface area contributed by atoms with Crippen molar-refractivity contribution < 1.29 is 4.92 Å². The molecule has 0 amide bonds. The van der Waals surface area contributed by atoms with Gasteiger partial charge in [0.1, 0.15) is 0 Å². The van der Waals surface area contributed by atoms with Crippen LogP contribution in [0.25, 0.3) is 0 Å². The van der Waals surface area contributed by atoms with Gasteiger partial charge in [-0.15, -0.1) is 12.3 Å². The minimum Gasteiger partial charge on any atom is -0.311 e. The Hall–Kier alpha value is -1.38. The van der Waals surface area contributed by atoms with E-state index in [1.54, 1.807) is 6.07 Å². The molecule has 0 aliphatic carbocycles. The van der Waals surface area contributed by atoms with E-state index in [0.29, 0.717) is 13.0 Å². The van der Waals surface area contributed by atoms with Crippen molar-refractivity contribution in [2.45, 2.75) is 13.0 Å². The lowest BCUT2D eigenvalue weighted by atomic mass is 10.4. The van der Waals surface area contributed by atoms with Crippen LogP contribution < -0.4 is 5.32 Å². The molecule has 1 aromatic rings. The molecule has 0 spiro atoms. The highest BCUT2D eigenvalue weighted by Crippen LogP contribution is 2.23. The van der Waals surface area contributed by atoms with Crippen LogP contribution >= 0.6 is 11.3 Å². The molecule has 0 fully saturated rings. The van der Waals surface area contributed by atoms with Crippen LogP contribution in [0, 0.1) is 22.5 Å². The Morgan fingerprint density at radius 1 is 1.64 bits per heavy atom. The third kappa shape index (κ3) is 3.17. The maximum Gasteiger partial charge on any atom is 0.324 e. The Morgan fingerprint density at radius 3 is 3.00 bits per heavy atom. The lowest BCUT2D eigenvalue weighted by Crippen LogP contribution is -2.12. The van der Waals surface area contributed by atoms with Crippen molar-refractivity contribution in [1.29, 1.82) is 0 Å². The van der Waals surface area contributed by atoms with Crippen molar-refractivity contribution in [3.05, 3.63) is 27.1 Å². The second kappa shape index (κ2) is 5.37. The Labute approximate surface area is 86.1 Å². The minimum absolute atomic E-state index is 0.179. The van der Waals surface area contributed by atoms with Crippen LogP contribution in [0.4, 0.5) is 5.00 Å². The van der Waals surface area contributed by atoms with E-state index in [1.165, 1.54) is 17.4 Å². The number of rotatable bonds is 5. The van der Waals surface area contributed by atoms with Gasteiger partial charge in [-0.2, -0.15) is 0 Å². The summed E-state index contributed by atoms with van der Waals surface area (Å²) >= 11 is 1.19. The van der Waals surface area contributed by atoms with Gasteiger partial charge in [-0.1, -0.05) is 11.3 Å². The van der Waals surface area contributed by atoms with Crippen molar-refractivity contribution in [3.63, 3.8) is 0 Å². The van der Waals surface area contributed by atoms with E-state index >= 15 is 0 Å². The van der Waals surface area contributed by atoms with Gasteiger partial charge in [0, 0.05) is 30.5 Å². The molecule has 0 aliphatic rings. The summed E-state index contributed by atoms with van der Waals surface area (Å²) < 4.78 is 0. The number of nitro groups is 1. The first kappa shape index (κ1) is 10.7. The van der Waals surface area contributed by atoms with Crippen molar-refractivity contribution in [2.24, 2.45) is 0 Å². The van der Waals surface area contributed by atoms with Gasteiger partial charge in [-0.25, -0.2) is 0 Å². The van der Waals surface area contributed by atoms with Crippen LogP contribution in [0.15, 0.2) is 12.1 Å². The summed E-state index contributed by atoms with van der Waals surface area (Å²) in [4.78, 5) is 10.9. The number of hydrogen-bond acceptors (Lipinski definition) is 4. The highest BCUT2D eigenvalue weighted by molar-refractivity contribution is 7.15. The van der Waals surface area contributed by atoms with Crippen LogP contribution in [0.2, 0.25) is 0 Å². The maximum atomic E-state index is 10.4. The molecule has 0 saturated carbocycles. The molecule has 0 radical (unpaired) electrons. The molecule has 0 unspecified atom stereocenters. The molecule has 1 heterocycles. The normalized spacial score (nSPS) is 9.64. The first-order chi connectivity index (χ1) is 6.74. The van der Waals surface area contributed by atoms with E-state index in [0.717, 1.165) is 11.4 Å². The van der Waals surface area contributed by atoms with Gasteiger partial charge in [0.25, 0.3) is 0 Å². The standard InChI is InChI=1S/C9H10N2O2S/c1-2-3-6-10-7-8-4-5-9(14-8)11(12)13/h1,4-5,10H,3,6-7H2. The van der Waals surface area contributed by atoms with E-state index in [4.69, 9.17) is 6.42 Å². The van der Waals surface area contributed by atoms with E-state index < -0.39 is 0 Å². The Kier molecular flexibility index (Phi) is 4.11. The molecule has 4 nitrogen and oxygen atoms in total. The summed E-state index contributed by atoms with van der Waals surface area (Å²) in [6.07, 6.45) is 5.75. The number of terminal acetylenes is 1. The van der Waals surface area contributed by atoms with Gasteiger partial charge in [0.2, 0.25) is 0 Å². The zero-order chi connectivity index (χ0) is 10.4. The number of thiophene rings is 1. The average molecular weight is 210 g/mol. The van der Waals surface area contributed by atoms with Crippen molar-refractivity contribution in [1.82, 2.24) is 5.32 Å². The summed E-state index contributed by atoms with van der Waals surface area (Å²) in [6, 6.07) is 3.27. The molecule has 14 heavy (non-hydrogen) atoms. The van der Waals surface area contributed by atoms with E-state index in [1.807, 2.05) is 0 Å². The zero-order valence-corrected chi connectivity index (χ0v) is 8.34. The second-order valence-corrected chi connectivity index (χ2v) is 3.77. The highest BCUT2D eigenvalue weighted by atomic mass is 32.1. The first-order valence-corrected chi connectivity index (χ1v) is 4.93. The smallest absolute Gasteiger partial charge is 0.311 e. The quantitative estimate of drug-likeness (QED) is 0.349. The lowest BCUT2D eigenvalue weighted by molar-refractivity contribution is -0.380. The van der Waals surface area contributed by atoms with Gasteiger partial charge in [0.05, 0.1) is 4.92 Å². The maximum absolute atomic E-state index is 10.4.